The highest BCUT2D eigenvalue weighted by Gasteiger charge is 2.12. The molecule has 1 aromatic carbocycles. The summed E-state index contributed by atoms with van der Waals surface area (Å²) in [5.74, 6) is 0.665. The third-order valence-electron chi connectivity index (χ3n) is 3.10. The number of rotatable bonds is 2. The highest BCUT2D eigenvalue weighted by Crippen LogP contribution is 2.16. The summed E-state index contributed by atoms with van der Waals surface area (Å²) < 4.78 is 19.9. The first kappa shape index (κ1) is 12.9. The van der Waals surface area contributed by atoms with E-state index >= 15 is 0 Å². The fraction of sp³-hybridized carbons (Fsp3) is 0. The van der Waals surface area contributed by atoms with Gasteiger partial charge in [0, 0.05) is 11.6 Å². The summed E-state index contributed by atoms with van der Waals surface area (Å²) in [5, 5.41) is 4.19. The molecule has 0 aliphatic heterocycles. The van der Waals surface area contributed by atoms with Gasteiger partial charge >= 0.3 is 0 Å². The second-order valence-electron chi connectivity index (χ2n) is 4.57. The normalized spacial score (nSPS) is 12.3. The Balaban J connectivity index is 1.84. The summed E-state index contributed by atoms with van der Waals surface area (Å²) in [6.07, 6.45) is 3.20. The van der Waals surface area contributed by atoms with Gasteiger partial charge in [-0.25, -0.2) is 4.39 Å². The molecule has 0 saturated carbocycles. The summed E-state index contributed by atoms with van der Waals surface area (Å²) in [6, 6.07) is 9.33. The number of benzene rings is 1. The largest absolute Gasteiger partial charge is 0.465 e. The molecule has 0 atom stereocenters. The summed E-state index contributed by atoms with van der Waals surface area (Å²) >= 11 is 1.23. The molecule has 0 saturated heterocycles. The summed E-state index contributed by atoms with van der Waals surface area (Å²) in [7, 11) is 0. The van der Waals surface area contributed by atoms with Gasteiger partial charge in [-0.1, -0.05) is 11.3 Å². The number of hydrogen-bond donors (Lipinski definition) is 0. The maximum Gasteiger partial charge on any atom is 0.291 e. The number of thiazole rings is 1. The second-order valence-corrected chi connectivity index (χ2v) is 5.58. The van der Waals surface area contributed by atoms with Crippen LogP contribution in [-0.2, 0) is 0 Å². The molecule has 0 amide bonds. The summed E-state index contributed by atoms with van der Waals surface area (Å²) in [6.45, 7) is 0. The molecule has 0 radical (unpaired) electrons. The maximum absolute atomic E-state index is 12.9. The van der Waals surface area contributed by atoms with Gasteiger partial charge in [0.1, 0.15) is 16.1 Å². The molecule has 0 aliphatic carbocycles. The Morgan fingerprint density at radius 1 is 1.23 bits per heavy atom. The van der Waals surface area contributed by atoms with Crippen LogP contribution in [0.15, 0.2) is 51.9 Å². The van der Waals surface area contributed by atoms with Crippen LogP contribution >= 0.6 is 11.3 Å². The van der Waals surface area contributed by atoms with Crippen LogP contribution in [0.2, 0.25) is 0 Å². The zero-order valence-corrected chi connectivity index (χ0v) is 11.9. The van der Waals surface area contributed by atoms with Gasteiger partial charge in [0.2, 0.25) is 4.96 Å². The number of aromatic nitrogens is 3. The van der Waals surface area contributed by atoms with E-state index in [1.807, 2.05) is 0 Å². The lowest BCUT2D eigenvalue weighted by molar-refractivity contribution is 0.556. The van der Waals surface area contributed by atoms with Crippen molar-refractivity contribution in [3.8, 4) is 11.4 Å². The van der Waals surface area contributed by atoms with Crippen LogP contribution in [0.25, 0.3) is 22.4 Å². The molecule has 0 fully saturated rings. The van der Waals surface area contributed by atoms with E-state index in [2.05, 4.69) is 10.1 Å². The molecule has 22 heavy (non-hydrogen) atoms. The van der Waals surface area contributed by atoms with E-state index in [1.54, 1.807) is 36.6 Å². The Bertz CT molecular complexity index is 1050. The quantitative estimate of drug-likeness (QED) is 0.568. The van der Waals surface area contributed by atoms with E-state index in [9.17, 15) is 9.18 Å². The van der Waals surface area contributed by atoms with E-state index in [1.165, 1.54) is 28.0 Å². The van der Waals surface area contributed by atoms with Gasteiger partial charge < -0.3 is 4.42 Å². The molecule has 7 heteroatoms. The van der Waals surface area contributed by atoms with Crippen molar-refractivity contribution in [3.05, 3.63) is 69.1 Å². The van der Waals surface area contributed by atoms with Gasteiger partial charge in [-0.05, 0) is 36.4 Å². The van der Waals surface area contributed by atoms with E-state index < -0.39 is 0 Å². The van der Waals surface area contributed by atoms with Crippen LogP contribution in [0.5, 0.6) is 0 Å². The second kappa shape index (κ2) is 4.88. The lowest BCUT2D eigenvalue weighted by Gasteiger charge is -1.93. The van der Waals surface area contributed by atoms with Gasteiger partial charge in [-0.3, -0.25) is 4.79 Å². The molecular weight excluding hydrogens is 305 g/mol. The van der Waals surface area contributed by atoms with Crippen LogP contribution < -0.4 is 10.1 Å². The van der Waals surface area contributed by atoms with Crippen molar-refractivity contribution in [2.75, 3.05) is 0 Å². The first-order valence-electron chi connectivity index (χ1n) is 6.41. The van der Waals surface area contributed by atoms with Gasteiger partial charge in [0.15, 0.2) is 5.82 Å². The highest BCUT2D eigenvalue weighted by atomic mass is 32.1. The Kier molecular flexibility index (Phi) is 2.87. The average Bonchev–Trinajstić information content (AvgIpc) is 3.21. The highest BCUT2D eigenvalue weighted by molar-refractivity contribution is 7.15. The molecule has 0 aliphatic rings. The Labute approximate surface area is 127 Å². The molecule has 0 bridgehead atoms. The Hall–Kier alpha value is -2.80. The van der Waals surface area contributed by atoms with Crippen LogP contribution in [0.4, 0.5) is 4.39 Å². The predicted molar refractivity (Wildman–Crippen MR) is 80.0 cm³/mol. The van der Waals surface area contributed by atoms with E-state index in [-0.39, 0.29) is 11.4 Å². The first-order chi connectivity index (χ1) is 10.7. The Morgan fingerprint density at radius 2 is 2.05 bits per heavy atom. The molecule has 0 N–H and O–H groups in total. The number of nitrogens with zero attached hydrogens (tertiary/aromatic N) is 3. The monoisotopic (exact) mass is 313 g/mol. The standard InChI is InChI=1S/C15H8FN3O2S/c16-10-5-3-9(4-6-10)13-17-15-19(18-13)14(20)12(22-15)8-11-2-1-7-21-11/h1-8H/b12-8+. The number of fused-ring (bicyclic) bond motifs is 1. The van der Waals surface area contributed by atoms with Crippen molar-refractivity contribution < 1.29 is 8.81 Å². The van der Waals surface area contributed by atoms with E-state index in [0.717, 1.165) is 0 Å². The Morgan fingerprint density at radius 3 is 2.73 bits per heavy atom. The van der Waals surface area contributed by atoms with Gasteiger partial charge in [0.05, 0.1) is 6.26 Å². The molecule has 108 valence electrons. The molecule has 3 heterocycles. The minimum atomic E-state index is -0.329. The third kappa shape index (κ3) is 2.11. The van der Waals surface area contributed by atoms with Crippen molar-refractivity contribution >= 4 is 22.4 Å². The summed E-state index contributed by atoms with van der Waals surface area (Å²) in [4.78, 5) is 17.1. The van der Waals surface area contributed by atoms with Gasteiger partial charge in [-0.2, -0.15) is 9.50 Å². The number of hydrogen-bond acceptors (Lipinski definition) is 5. The minimum Gasteiger partial charge on any atom is -0.465 e. The van der Waals surface area contributed by atoms with Gasteiger partial charge in [0.25, 0.3) is 5.56 Å². The van der Waals surface area contributed by atoms with E-state index in [4.69, 9.17) is 4.42 Å². The van der Waals surface area contributed by atoms with Crippen LogP contribution in [0, 0.1) is 5.82 Å². The average molecular weight is 313 g/mol. The zero-order chi connectivity index (χ0) is 15.1. The molecule has 5 nitrogen and oxygen atoms in total. The summed E-state index contributed by atoms with van der Waals surface area (Å²) in [5.41, 5.74) is 0.408. The molecule has 4 aromatic rings. The van der Waals surface area contributed by atoms with Crippen molar-refractivity contribution in [3.63, 3.8) is 0 Å². The fourth-order valence-electron chi connectivity index (χ4n) is 2.06. The zero-order valence-electron chi connectivity index (χ0n) is 11.1. The van der Waals surface area contributed by atoms with Gasteiger partial charge in [-0.15, -0.1) is 5.10 Å². The van der Waals surface area contributed by atoms with Crippen LogP contribution in [0.1, 0.15) is 5.76 Å². The van der Waals surface area contributed by atoms with E-state index in [0.29, 0.717) is 26.6 Å². The smallest absolute Gasteiger partial charge is 0.291 e. The van der Waals surface area contributed by atoms with Crippen molar-refractivity contribution in [1.82, 2.24) is 14.6 Å². The van der Waals surface area contributed by atoms with Crippen LogP contribution in [-0.4, -0.2) is 14.6 Å². The lowest BCUT2D eigenvalue weighted by Crippen LogP contribution is -2.23. The SMILES string of the molecule is O=c1/c(=C\c2ccco2)sc2nc(-c3ccc(F)cc3)nn12. The van der Waals surface area contributed by atoms with Crippen molar-refractivity contribution in [2.24, 2.45) is 0 Å². The first-order valence-corrected chi connectivity index (χ1v) is 7.23. The molecule has 0 spiro atoms. The predicted octanol–water partition coefficient (Wildman–Crippen LogP) is 2.10. The molecule has 4 rings (SSSR count). The minimum absolute atomic E-state index is 0.253. The lowest BCUT2D eigenvalue weighted by atomic mass is 10.2. The maximum atomic E-state index is 12.9. The molecular formula is C15H8FN3O2S. The number of furan rings is 1. The van der Waals surface area contributed by atoms with Crippen molar-refractivity contribution in [2.45, 2.75) is 0 Å². The van der Waals surface area contributed by atoms with Crippen molar-refractivity contribution in [1.29, 1.82) is 0 Å². The molecule has 0 unspecified atom stereocenters. The van der Waals surface area contributed by atoms with Crippen LogP contribution in [0.3, 0.4) is 0 Å². The fourth-order valence-corrected chi connectivity index (χ4v) is 2.95. The third-order valence-corrected chi connectivity index (χ3v) is 4.06. The molecule has 3 aromatic heterocycles. The topological polar surface area (TPSA) is 60.4 Å². The number of halogens is 1.